The second-order valence-electron chi connectivity index (χ2n) is 5.49. The van der Waals surface area contributed by atoms with Crippen LogP contribution in [0.3, 0.4) is 0 Å². The van der Waals surface area contributed by atoms with Gasteiger partial charge in [-0.05, 0) is 43.5 Å². The molecular weight excluding hydrogens is 248 g/mol. The number of rotatable bonds is 7. The molecule has 1 aliphatic carbocycles. The highest BCUT2D eigenvalue weighted by molar-refractivity contribution is 5.20. The minimum Gasteiger partial charge on any atom is -0.468 e. The monoisotopic (exact) mass is 270 g/mol. The second kappa shape index (κ2) is 6.25. The van der Waals surface area contributed by atoms with Crippen LogP contribution >= 0.6 is 0 Å². The minimum atomic E-state index is 0.388. The zero-order valence-electron chi connectivity index (χ0n) is 11.7. The highest BCUT2D eigenvalue weighted by atomic mass is 16.3. The molecule has 20 heavy (non-hydrogen) atoms. The smallest absolute Gasteiger partial charge is 0.117 e. The molecule has 1 aliphatic rings. The predicted octanol–water partition coefficient (Wildman–Crippen LogP) is 3.33. The summed E-state index contributed by atoms with van der Waals surface area (Å²) in [6, 6.07) is 15.8. The normalized spacial score (nSPS) is 16.5. The van der Waals surface area contributed by atoms with E-state index in [1.165, 1.54) is 18.4 Å². The van der Waals surface area contributed by atoms with Crippen molar-refractivity contribution in [2.24, 2.45) is 5.73 Å². The molecule has 1 heterocycles. The molecule has 0 bridgehead atoms. The van der Waals surface area contributed by atoms with Crippen LogP contribution in [0.5, 0.6) is 0 Å². The fourth-order valence-electron chi connectivity index (χ4n) is 2.84. The van der Waals surface area contributed by atoms with Crippen molar-refractivity contribution in [1.82, 2.24) is 4.90 Å². The second-order valence-corrected chi connectivity index (χ2v) is 5.49. The summed E-state index contributed by atoms with van der Waals surface area (Å²) in [5, 5.41) is 0. The van der Waals surface area contributed by atoms with E-state index >= 15 is 0 Å². The Morgan fingerprint density at radius 1 is 1.15 bits per heavy atom. The van der Waals surface area contributed by atoms with Crippen molar-refractivity contribution in [2.45, 2.75) is 37.9 Å². The summed E-state index contributed by atoms with van der Waals surface area (Å²) in [6.45, 7) is 1.58. The summed E-state index contributed by atoms with van der Waals surface area (Å²) in [5.41, 5.74) is 7.21. The molecule has 1 atom stereocenters. The van der Waals surface area contributed by atoms with Gasteiger partial charge in [-0.3, -0.25) is 4.90 Å². The molecule has 0 spiro atoms. The number of hydrogen-bond donors (Lipinski definition) is 1. The molecule has 2 N–H and O–H groups in total. The number of nitrogens with zero attached hydrogens (tertiary/aromatic N) is 1. The Kier molecular flexibility index (Phi) is 4.19. The molecule has 0 aliphatic heterocycles. The van der Waals surface area contributed by atoms with Crippen LogP contribution in [0.1, 0.15) is 36.6 Å². The molecule has 0 saturated heterocycles. The van der Waals surface area contributed by atoms with Crippen LogP contribution in [0.15, 0.2) is 53.1 Å². The van der Waals surface area contributed by atoms with E-state index in [0.29, 0.717) is 18.6 Å². The predicted molar refractivity (Wildman–Crippen MR) is 80.1 cm³/mol. The SMILES string of the molecule is NCCC(c1ccccc1)N(Cc1ccco1)C1CC1. The summed E-state index contributed by atoms with van der Waals surface area (Å²) >= 11 is 0. The fourth-order valence-corrected chi connectivity index (χ4v) is 2.84. The van der Waals surface area contributed by atoms with Gasteiger partial charge >= 0.3 is 0 Å². The van der Waals surface area contributed by atoms with Gasteiger partial charge in [0.1, 0.15) is 5.76 Å². The van der Waals surface area contributed by atoms with Crippen LogP contribution in [0.4, 0.5) is 0 Å². The highest BCUT2D eigenvalue weighted by Crippen LogP contribution is 2.37. The first-order valence-electron chi connectivity index (χ1n) is 7.41. The Morgan fingerprint density at radius 2 is 1.95 bits per heavy atom. The van der Waals surface area contributed by atoms with Gasteiger partial charge in [0, 0.05) is 12.1 Å². The van der Waals surface area contributed by atoms with Crippen molar-refractivity contribution in [3.05, 3.63) is 60.1 Å². The number of nitrogens with two attached hydrogens (primary N) is 1. The molecule has 0 amide bonds. The third kappa shape index (κ3) is 3.11. The van der Waals surface area contributed by atoms with Gasteiger partial charge in [0.05, 0.1) is 12.8 Å². The number of benzene rings is 1. The Hall–Kier alpha value is -1.58. The molecule has 2 aromatic rings. The van der Waals surface area contributed by atoms with Gasteiger partial charge in [-0.1, -0.05) is 30.3 Å². The molecule has 106 valence electrons. The Bertz CT molecular complexity index is 505. The molecule has 1 unspecified atom stereocenters. The van der Waals surface area contributed by atoms with E-state index in [1.807, 2.05) is 6.07 Å². The Balaban J connectivity index is 1.82. The summed E-state index contributed by atoms with van der Waals surface area (Å²) < 4.78 is 5.53. The van der Waals surface area contributed by atoms with Gasteiger partial charge in [-0.2, -0.15) is 0 Å². The molecule has 1 aromatic heterocycles. The molecule has 3 heteroatoms. The molecule has 1 fully saturated rings. The van der Waals surface area contributed by atoms with Gasteiger partial charge in [0.2, 0.25) is 0 Å². The fraction of sp³-hybridized carbons (Fsp3) is 0.412. The summed E-state index contributed by atoms with van der Waals surface area (Å²) in [5.74, 6) is 1.04. The molecule has 3 rings (SSSR count). The van der Waals surface area contributed by atoms with Crippen molar-refractivity contribution in [3.63, 3.8) is 0 Å². The quantitative estimate of drug-likeness (QED) is 0.839. The van der Waals surface area contributed by atoms with Gasteiger partial charge in [0.25, 0.3) is 0 Å². The van der Waals surface area contributed by atoms with E-state index in [-0.39, 0.29) is 0 Å². The highest BCUT2D eigenvalue weighted by Gasteiger charge is 2.34. The topological polar surface area (TPSA) is 42.4 Å². The lowest BCUT2D eigenvalue weighted by Crippen LogP contribution is -2.31. The number of furan rings is 1. The van der Waals surface area contributed by atoms with E-state index in [9.17, 15) is 0 Å². The molecule has 1 aromatic carbocycles. The lowest BCUT2D eigenvalue weighted by Gasteiger charge is -2.31. The third-order valence-electron chi connectivity index (χ3n) is 3.96. The van der Waals surface area contributed by atoms with Gasteiger partial charge in [-0.25, -0.2) is 0 Å². The van der Waals surface area contributed by atoms with Crippen LogP contribution in [0.2, 0.25) is 0 Å². The van der Waals surface area contributed by atoms with Crippen molar-refractivity contribution in [1.29, 1.82) is 0 Å². The van der Waals surface area contributed by atoms with E-state index in [1.54, 1.807) is 6.26 Å². The van der Waals surface area contributed by atoms with E-state index in [0.717, 1.165) is 18.7 Å². The van der Waals surface area contributed by atoms with Crippen molar-refractivity contribution in [3.8, 4) is 0 Å². The van der Waals surface area contributed by atoms with E-state index in [4.69, 9.17) is 10.2 Å². The van der Waals surface area contributed by atoms with Crippen molar-refractivity contribution < 1.29 is 4.42 Å². The molecular formula is C17H22N2O. The first-order valence-corrected chi connectivity index (χ1v) is 7.41. The third-order valence-corrected chi connectivity index (χ3v) is 3.96. The Morgan fingerprint density at radius 3 is 2.55 bits per heavy atom. The van der Waals surface area contributed by atoms with Crippen LogP contribution < -0.4 is 5.73 Å². The molecule has 0 radical (unpaired) electrons. The zero-order chi connectivity index (χ0) is 13.8. The standard InChI is InChI=1S/C17H22N2O/c18-11-10-17(14-5-2-1-3-6-14)19(15-8-9-15)13-16-7-4-12-20-16/h1-7,12,15,17H,8-11,13,18H2. The summed E-state index contributed by atoms with van der Waals surface area (Å²) in [7, 11) is 0. The van der Waals surface area contributed by atoms with Crippen molar-refractivity contribution in [2.75, 3.05) is 6.54 Å². The molecule has 3 nitrogen and oxygen atoms in total. The average molecular weight is 270 g/mol. The maximum atomic E-state index is 5.85. The maximum Gasteiger partial charge on any atom is 0.117 e. The van der Waals surface area contributed by atoms with Crippen LogP contribution in [-0.2, 0) is 6.54 Å². The first kappa shape index (κ1) is 13.4. The van der Waals surface area contributed by atoms with Crippen molar-refractivity contribution >= 4 is 0 Å². The minimum absolute atomic E-state index is 0.388. The number of hydrogen-bond acceptors (Lipinski definition) is 3. The molecule has 1 saturated carbocycles. The van der Waals surface area contributed by atoms with Crippen LogP contribution in [0.25, 0.3) is 0 Å². The van der Waals surface area contributed by atoms with Gasteiger partial charge in [0.15, 0.2) is 0 Å². The van der Waals surface area contributed by atoms with Crippen LogP contribution in [0, 0.1) is 0 Å². The lowest BCUT2D eigenvalue weighted by atomic mass is 10.0. The first-order chi connectivity index (χ1) is 9.88. The summed E-state index contributed by atoms with van der Waals surface area (Å²) in [4.78, 5) is 2.56. The van der Waals surface area contributed by atoms with E-state index < -0.39 is 0 Å². The van der Waals surface area contributed by atoms with E-state index in [2.05, 4.69) is 41.3 Å². The van der Waals surface area contributed by atoms with Crippen LogP contribution in [-0.4, -0.2) is 17.5 Å². The van der Waals surface area contributed by atoms with Gasteiger partial charge in [-0.15, -0.1) is 0 Å². The largest absolute Gasteiger partial charge is 0.468 e. The van der Waals surface area contributed by atoms with Gasteiger partial charge < -0.3 is 10.2 Å². The Labute approximate surface area is 120 Å². The zero-order valence-corrected chi connectivity index (χ0v) is 11.7. The summed E-state index contributed by atoms with van der Waals surface area (Å²) in [6.07, 6.45) is 5.31. The average Bonchev–Trinajstić information content (AvgIpc) is 3.21. The lowest BCUT2D eigenvalue weighted by molar-refractivity contribution is 0.157. The maximum absolute atomic E-state index is 5.85.